The lowest BCUT2D eigenvalue weighted by atomic mass is 10.0. The average Bonchev–Trinajstić information content (AvgIpc) is 2.22. The molecule has 0 heterocycles. The summed E-state index contributed by atoms with van der Waals surface area (Å²) in [5, 5.41) is 26.4. The molecule has 0 aromatic heterocycles. The van der Waals surface area contributed by atoms with Gasteiger partial charge >= 0.3 is 5.97 Å². The van der Waals surface area contributed by atoms with E-state index in [0.717, 1.165) is 12.1 Å². The third kappa shape index (κ3) is 2.62. The van der Waals surface area contributed by atoms with Gasteiger partial charge in [-0.1, -0.05) is 23.2 Å². The summed E-state index contributed by atoms with van der Waals surface area (Å²) in [5.74, 6) is -2.53. The standard InChI is InChI=1S/C9H7Cl2FO4/c10-4-1-3(2-5(12)6(4)11)7(13)8(14)9(15)16/h1-2,7-8,13-14H,(H,15,16). The van der Waals surface area contributed by atoms with Crippen LogP contribution in [0.2, 0.25) is 10.0 Å². The number of carboxylic acid groups (broad SMARTS) is 1. The molecule has 0 amide bonds. The van der Waals surface area contributed by atoms with Crippen molar-refractivity contribution in [1.29, 1.82) is 0 Å². The van der Waals surface area contributed by atoms with Gasteiger partial charge in [0.05, 0.1) is 10.0 Å². The summed E-state index contributed by atoms with van der Waals surface area (Å²) in [6.45, 7) is 0. The van der Waals surface area contributed by atoms with E-state index in [4.69, 9.17) is 33.4 Å². The van der Waals surface area contributed by atoms with Crippen LogP contribution >= 0.6 is 23.2 Å². The van der Waals surface area contributed by atoms with Gasteiger partial charge in [-0.25, -0.2) is 9.18 Å². The largest absolute Gasteiger partial charge is 0.479 e. The van der Waals surface area contributed by atoms with Gasteiger partial charge in [0.25, 0.3) is 0 Å². The summed E-state index contributed by atoms with van der Waals surface area (Å²) < 4.78 is 13.1. The van der Waals surface area contributed by atoms with Gasteiger partial charge < -0.3 is 15.3 Å². The minimum absolute atomic E-state index is 0.165. The van der Waals surface area contributed by atoms with Gasteiger partial charge in [0.2, 0.25) is 0 Å². The monoisotopic (exact) mass is 268 g/mol. The molecule has 1 rings (SSSR count). The highest BCUT2D eigenvalue weighted by Crippen LogP contribution is 2.29. The zero-order valence-electron chi connectivity index (χ0n) is 7.69. The number of hydrogen-bond donors (Lipinski definition) is 3. The zero-order valence-corrected chi connectivity index (χ0v) is 9.21. The maximum Gasteiger partial charge on any atom is 0.335 e. The first kappa shape index (κ1) is 13.2. The van der Waals surface area contributed by atoms with Crippen molar-refractivity contribution in [3.8, 4) is 0 Å². The number of rotatable bonds is 3. The fraction of sp³-hybridized carbons (Fsp3) is 0.222. The molecule has 3 N–H and O–H groups in total. The van der Waals surface area contributed by atoms with E-state index in [0.29, 0.717) is 0 Å². The summed E-state index contributed by atoms with van der Waals surface area (Å²) in [6.07, 6.45) is -3.83. The molecule has 0 bridgehead atoms. The summed E-state index contributed by atoms with van der Waals surface area (Å²) in [6, 6.07) is 1.90. The average molecular weight is 269 g/mol. The fourth-order valence-corrected chi connectivity index (χ4v) is 1.39. The van der Waals surface area contributed by atoms with Crippen LogP contribution in [0.15, 0.2) is 12.1 Å². The molecule has 7 heteroatoms. The minimum atomic E-state index is -2.06. The summed E-state index contributed by atoms with van der Waals surface area (Å²) in [4.78, 5) is 10.4. The smallest absolute Gasteiger partial charge is 0.335 e. The molecule has 1 aromatic carbocycles. The molecule has 1 aromatic rings. The van der Waals surface area contributed by atoms with E-state index in [1.807, 2.05) is 0 Å². The fourth-order valence-electron chi connectivity index (χ4n) is 1.06. The molecule has 4 nitrogen and oxygen atoms in total. The predicted molar refractivity (Wildman–Crippen MR) is 55.0 cm³/mol. The van der Waals surface area contributed by atoms with Gasteiger partial charge in [-0.05, 0) is 17.7 Å². The SMILES string of the molecule is O=C(O)C(O)C(O)c1cc(F)c(Cl)c(Cl)c1. The normalized spacial score (nSPS) is 14.6. The molecule has 0 saturated heterocycles. The molecule has 0 aliphatic rings. The third-order valence-corrected chi connectivity index (χ3v) is 2.68. The summed E-state index contributed by atoms with van der Waals surface area (Å²) in [5.41, 5.74) is -0.165. The molecule has 0 aliphatic carbocycles. The van der Waals surface area contributed by atoms with Crippen LogP contribution in [0.25, 0.3) is 0 Å². The Balaban J connectivity index is 3.10. The lowest BCUT2D eigenvalue weighted by molar-refractivity contribution is -0.153. The van der Waals surface area contributed by atoms with Crippen molar-refractivity contribution in [2.45, 2.75) is 12.2 Å². The van der Waals surface area contributed by atoms with E-state index in [9.17, 15) is 14.3 Å². The van der Waals surface area contributed by atoms with Crippen molar-refractivity contribution < 1.29 is 24.5 Å². The van der Waals surface area contributed by atoms with Crippen LogP contribution in [0.4, 0.5) is 4.39 Å². The van der Waals surface area contributed by atoms with Crippen LogP contribution in [0.5, 0.6) is 0 Å². The zero-order chi connectivity index (χ0) is 12.5. The molecule has 88 valence electrons. The van der Waals surface area contributed by atoms with Crippen molar-refractivity contribution in [3.05, 3.63) is 33.6 Å². The molecule has 0 radical (unpaired) electrons. The second kappa shape index (κ2) is 4.97. The number of aliphatic hydroxyl groups excluding tert-OH is 2. The Morgan fingerprint density at radius 3 is 2.31 bits per heavy atom. The van der Waals surface area contributed by atoms with Gasteiger partial charge in [-0.2, -0.15) is 0 Å². The van der Waals surface area contributed by atoms with Crippen molar-refractivity contribution in [1.82, 2.24) is 0 Å². The minimum Gasteiger partial charge on any atom is -0.479 e. The molecule has 2 atom stereocenters. The lowest BCUT2D eigenvalue weighted by Crippen LogP contribution is -2.27. The number of carboxylic acids is 1. The molecule has 0 aliphatic heterocycles. The number of benzene rings is 1. The number of carbonyl (C=O) groups is 1. The topological polar surface area (TPSA) is 77.8 Å². The number of halogens is 3. The van der Waals surface area contributed by atoms with Gasteiger partial charge in [0, 0.05) is 0 Å². The molecule has 0 fully saturated rings. The maximum absolute atomic E-state index is 13.1. The van der Waals surface area contributed by atoms with Crippen LogP contribution in [0.1, 0.15) is 11.7 Å². The third-order valence-electron chi connectivity index (χ3n) is 1.90. The van der Waals surface area contributed by atoms with E-state index in [1.165, 1.54) is 0 Å². The lowest BCUT2D eigenvalue weighted by Gasteiger charge is -2.15. The van der Waals surface area contributed by atoms with Crippen molar-refractivity contribution in [2.24, 2.45) is 0 Å². The van der Waals surface area contributed by atoms with Crippen LogP contribution < -0.4 is 0 Å². The highest BCUT2D eigenvalue weighted by molar-refractivity contribution is 6.42. The highest BCUT2D eigenvalue weighted by atomic mass is 35.5. The van der Waals surface area contributed by atoms with E-state index in [2.05, 4.69) is 0 Å². The van der Waals surface area contributed by atoms with E-state index in [-0.39, 0.29) is 15.6 Å². The second-order valence-electron chi connectivity index (χ2n) is 3.03. The van der Waals surface area contributed by atoms with Crippen LogP contribution in [0.3, 0.4) is 0 Å². The molecule has 0 spiro atoms. The van der Waals surface area contributed by atoms with Crippen LogP contribution in [-0.2, 0) is 4.79 Å². The quantitative estimate of drug-likeness (QED) is 0.728. The van der Waals surface area contributed by atoms with E-state index < -0.39 is 24.0 Å². The molecule has 2 unspecified atom stereocenters. The Labute approximate surface area is 99.8 Å². The first-order valence-corrected chi connectivity index (χ1v) is 4.83. The highest BCUT2D eigenvalue weighted by Gasteiger charge is 2.26. The van der Waals surface area contributed by atoms with Gasteiger partial charge in [-0.3, -0.25) is 0 Å². The van der Waals surface area contributed by atoms with E-state index in [1.54, 1.807) is 0 Å². The number of hydrogen-bond acceptors (Lipinski definition) is 3. The summed E-state index contributed by atoms with van der Waals surface area (Å²) >= 11 is 11.0. The van der Waals surface area contributed by atoms with Crippen molar-refractivity contribution in [2.75, 3.05) is 0 Å². The number of aliphatic carboxylic acids is 1. The van der Waals surface area contributed by atoms with Gasteiger partial charge in [0.15, 0.2) is 6.10 Å². The van der Waals surface area contributed by atoms with Crippen molar-refractivity contribution >= 4 is 29.2 Å². The predicted octanol–water partition coefficient (Wildman–Crippen LogP) is 1.61. The molecule has 16 heavy (non-hydrogen) atoms. The molecule has 0 saturated carbocycles. The molecular formula is C9H7Cl2FO4. The Hall–Kier alpha value is -0.880. The first-order chi connectivity index (χ1) is 7.34. The van der Waals surface area contributed by atoms with Gasteiger partial charge in [0.1, 0.15) is 11.9 Å². The maximum atomic E-state index is 13.1. The van der Waals surface area contributed by atoms with E-state index >= 15 is 0 Å². The Kier molecular flexibility index (Phi) is 4.09. The Morgan fingerprint density at radius 2 is 1.88 bits per heavy atom. The van der Waals surface area contributed by atoms with Crippen LogP contribution in [-0.4, -0.2) is 27.4 Å². The van der Waals surface area contributed by atoms with Crippen molar-refractivity contribution in [3.63, 3.8) is 0 Å². The summed E-state index contributed by atoms with van der Waals surface area (Å²) in [7, 11) is 0. The first-order valence-electron chi connectivity index (χ1n) is 4.08. The number of aliphatic hydroxyl groups is 2. The second-order valence-corrected chi connectivity index (χ2v) is 3.81. The van der Waals surface area contributed by atoms with Crippen LogP contribution in [0, 0.1) is 5.82 Å². The Morgan fingerprint density at radius 1 is 1.31 bits per heavy atom. The van der Waals surface area contributed by atoms with Gasteiger partial charge in [-0.15, -0.1) is 0 Å². The molecular weight excluding hydrogens is 262 g/mol. The Bertz CT molecular complexity index is 401.